The first-order chi connectivity index (χ1) is 8.56. The number of nitrogens with zero attached hydrogens (tertiary/aromatic N) is 1. The molecule has 1 fully saturated rings. The van der Waals surface area contributed by atoms with E-state index < -0.39 is 0 Å². The average molecular weight is 246 g/mol. The Morgan fingerprint density at radius 1 is 1.17 bits per heavy atom. The Kier molecular flexibility index (Phi) is 3.79. The van der Waals surface area contributed by atoms with Gasteiger partial charge < -0.3 is 5.32 Å². The van der Waals surface area contributed by atoms with Gasteiger partial charge in [-0.1, -0.05) is 44.2 Å². The van der Waals surface area contributed by atoms with E-state index in [-0.39, 0.29) is 5.54 Å². The third-order valence-electron chi connectivity index (χ3n) is 4.90. The number of likely N-dealkylation sites (N-methyl/N-ethyl adjacent to an activating group) is 1. The van der Waals surface area contributed by atoms with E-state index >= 15 is 0 Å². The van der Waals surface area contributed by atoms with Gasteiger partial charge in [-0.2, -0.15) is 0 Å². The van der Waals surface area contributed by atoms with Crippen molar-refractivity contribution in [2.45, 2.75) is 44.7 Å². The fourth-order valence-electron chi connectivity index (χ4n) is 3.23. The maximum absolute atomic E-state index is 3.79. The molecule has 0 spiro atoms. The zero-order valence-corrected chi connectivity index (χ0v) is 12.2. The van der Waals surface area contributed by atoms with Gasteiger partial charge in [0.2, 0.25) is 0 Å². The van der Waals surface area contributed by atoms with E-state index in [1.54, 1.807) is 0 Å². The van der Waals surface area contributed by atoms with Crippen LogP contribution in [0.3, 0.4) is 0 Å². The van der Waals surface area contributed by atoms with Gasteiger partial charge in [-0.05, 0) is 32.4 Å². The zero-order valence-electron chi connectivity index (χ0n) is 12.2. The first kappa shape index (κ1) is 13.6. The van der Waals surface area contributed by atoms with Gasteiger partial charge in [0.15, 0.2) is 0 Å². The van der Waals surface area contributed by atoms with Crippen molar-refractivity contribution in [2.24, 2.45) is 0 Å². The fourth-order valence-corrected chi connectivity index (χ4v) is 3.23. The summed E-state index contributed by atoms with van der Waals surface area (Å²) in [4.78, 5) is 2.55. The Bertz CT molecular complexity index is 383. The highest BCUT2D eigenvalue weighted by Crippen LogP contribution is 2.33. The van der Waals surface area contributed by atoms with E-state index in [1.807, 2.05) is 0 Å². The lowest BCUT2D eigenvalue weighted by atomic mass is 9.81. The topological polar surface area (TPSA) is 15.3 Å². The molecule has 0 radical (unpaired) electrons. The minimum Gasteiger partial charge on any atom is -0.305 e. The predicted molar refractivity (Wildman–Crippen MR) is 77.7 cm³/mol. The fraction of sp³-hybridized carbons (Fsp3) is 0.625. The van der Waals surface area contributed by atoms with Crippen molar-refractivity contribution in [3.63, 3.8) is 0 Å². The van der Waals surface area contributed by atoms with Crippen LogP contribution < -0.4 is 5.32 Å². The van der Waals surface area contributed by atoms with Gasteiger partial charge in [-0.25, -0.2) is 0 Å². The molecule has 1 atom stereocenters. The van der Waals surface area contributed by atoms with Crippen LogP contribution in [0.5, 0.6) is 0 Å². The quantitative estimate of drug-likeness (QED) is 0.882. The Hall–Kier alpha value is -0.860. The summed E-state index contributed by atoms with van der Waals surface area (Å²) in [6.45, 7) is 9.05. The average Bonchev–Trinajstić information content (AvgIpc) is 2.41. The van der Waals surface area contributed by atoms with Crippen LogP contribution in [0.1, 0.15) is 39.2 Å². The highest BCUT2D eigenvalue weighted by molar-refractivity contribution is 5.25. The third kappa shape index (κ3) is 2.19. The van der Waals surface area contributed by atoms with Gasteiger partial charge in [-0.15, -0.1) is 0 Å². The Morgan fingerprint density at radius 3 is 2.28 bits per heavy atom. The van der Waals surface area contributed by atoms with E-state index in [1.165, 1.54) is 18.4 Å². The third-order valence-corrected chi connectivity index (χ3v) is 4.90. The molecular formula is C16H26N2. The van der Waals surface area contributed by atoms with Crippen LogP contribution in [0.15, 0.2) is 30.3 Å². The van der Waals surface area contributed by atoms with Gasteiger partial charge in [0.25, 0.3) is 0 Å². The number of piperazine rings is 1. The van der Waals surface area contributed by atoms with Gasteiger partial charge in [-0.3, -0.25) is 4.90 Å². The summed E-state index contributed by atoms with van der Waals surface area (Å²) in [6, 6.07) is 10.8. The van der Waals surface area contributed by atoms with Crippen LogP contribution in [-0.4, -0.2) is 30.6 Å². The summed E-state index contributed by atoms with van der Waals surface area (Å²) in [7, 11) is 2.27. The first-order valence-corrected chi connectivity index (χ1v) is 7.08. The second-order valence-corrected chi connectivity index (χ2v) is 5.84. The van der Waals surface area contributed by atoms with Gasteiger partial charge in [0.1, 0.15) is 0 Å². The highest BCUT2D eigenvalue weighted by atomic mass is 15.3. The Morgan fingerprint density at radius 2 is 1.78 bits per heavy atom. The maximum Gasteiger partial charge on any atom is 0.0535 e. The molecule has 1 N–H and O–H groups in total. The van der Waals surface area contributed by atoms with Crippen LogP contribution in [0.4, 0.5) is 0 Å². The van der Waals surface area contributed by atoms with Crippen molar-refractivity contribution in [3.8, 4) is 0 Å². The monoisotopic (exact) mass is 246 g/mol. The molecular weight excluding hydrogens is 220 g/mol. The minimum atomic E-state index is 0.0733. The molecule has 2 rings (SSSR count). The van der Waals surface area contributed by atoms with Crippen LogP contribution >= 0.6 is 0 Å². The second kappa shape index (κ2) is 5.02. The second-order valence-electron chi connectivity index (χ2n) is 5.84. The lowest BCUT2D eigenvalue weighted by Crippen LogP contribution is -2.66. The standard InChI is InChI=1S/C16H26N2/c1-5-16(6-2)12-17-15(3,13-18(16)4)14-10-8-7-9-11-14/h7-11,17H,5-6,12-13H2,1-4H3. The molecule has 1 aliphatic rings. The van der Waals surface area contributed by atoms with E-state index in [9.17, 15) is 0 Å². The molecule has 2 nitrogen and oxygen atoms in total. The van der Waals surface area contributed by atoms with Crippen LogP contribution in [0.2, 0.25) is 0 Å². The van der Waals surface area contributed by atoms with Crippen LogP contribution in [0.25, 0.3) is 0 Å². The van der Waals surface area contributed by atoms with Crippen LogP contribution in [0, 0.1) is 0 Å². The number of hydrogen-bond acceptors (Lipinski definition) is 2. The smallest absolute Gasteiger partial charge is 0.0535 e. The Balaban J connectivity index is 2.22. The summed E-state index contributed by atoms with van der Waals surface area (Å²) in [5.41, 5.74) is 1.79. The number of benzene rings is 1. The molecule has 1 saturated heterocycles. The molecule has 0 aromatic heterocycles. The van der Waals surface area contributed by atoms with Crippen molar-refractivity contribution in [1.82, 2.24) is 10.2 Å². The lowest BCUT2D eigenvalue weighted by Gasteiger charge is -2.52. The largest absolute Gasteiger partial charge is 0.305 e. The molecule has 0 aliphatic carbocycles. The molecule has 2 heteroatoms. The molecule has 18 heavy (non-hydrogen) atoms. The molecule has 1 heterocycles. The van der Waals surface area contributed by atoms with Crippen molar-refractivity contribution >= 4 is 0 Å². The molecule has 1 unspecified atom stereocenters. The number of nitrogens with one attached hydrogen (secondary N) is 1. The first-order valence-electron chi connectivity index (χ1n) is 7.08. The van der Waals surface area contributed by atoms with E-state index in [4.69, 9.17) is 0 Å². The SMILES string of the molecule is CCC1(CC)CNC(C)(c2ccccc2)CN1C. The van der Waals surface area contributed by atoms with Crippen molar-refractivity contribution in [2.75, 3.05) is 20.1 Å². The summed E-state index contributed by atoms with van der Waals surface area (Å²) in [5.74, 6) is 0. The molecule has 0 saturated carbocycles. The van der Waals surface area contributed by atoms with Crippen molar-refractivity contribution in [3.05, 3.63) is 35.9 Å². The van der Waals surface area contributed by atoms with E-state index in [0.717, 1.165) is 13.1 Å². The van der Waals surface area contributed by atoms with Crippen molar-refractivity contribution < 1.29 is 0 Å². The molecule has 100 valence electrons. The maximum atomic E-state index is 3.79. The molecule has 1 aromatic rings. The van der Waals surface area contributed by atoms with E-state index in [2.05, 4.69) is 68.4 Å². The zero-order chi connectivity index (χ0) is 13.2. The van der Waals surface area contributed by atoms with Gasteiger partial charge in [0, 0.05) is 18.6 Å². The van der Waals surface area contributed by atoms with Crippen LogP contribution in [-0.2, 0) is 5.54 Å². The molecule has 1 aromatic carbocycles. The number of rotatable bonds is 3. The predicted octanol–water partition coefficient (Wildman–Crippen LogP) is 3.00. The summed E-state index contributed by atoms with van der Waals surface area (Å²) in [5, 5.41) is 3.79. The highest BCUT2D eigenvalue weighted by Gasteiger charge is 2.42. The lowest BCUT2D eigenvalue weighted by molar-refractivity contribution is 0.0239. The van der Waals surface area contributed by atoms with Gasteiger partial charge in [0.05, 0.1) is 5.54 Å². The molecule has 0 bridgehead atoms. The normalized spacial score (nSPS) is 28.2. The molecule has 1 aliphatic heterocycles. The molecule has 0 amide bonds. The summed E-state index contributed by atoms with van der Waals surface area (Å²) < 4.78 is 0. The van der Waals surface area contributed by atoms with Gasteiger partial charge >= 0.3 is 0 Å². The Labute approximate surface area is 111 Å². The summed E-state index contributed by atoms with van der Waals surface area (Å²) >= 11 is 0. The van der Waals surface area contributed by atoms with E-state index in [0.29, 0.717) is 5.54 Å². The summed E-state index contributed by atoms with van der Waals surface area (Å²) in [6.07, 6.45) is 2.41. The minimum absolute atomic E-state index is 0.0733. The van der Waals surface area contributed by atoms with Crippen molar-refractivity contribution in [1.29, 1.82) is 0 Å². The number of hydrogen-bond donors (Lipinski definition) is 1.